The predicted molar refractivity (Wildman–Crippen MR) is 128 cm³/mol. The van der Waals surface area contributed by atoms with Crippen molar-refractivity contribution in [3.63, 3.8) is 0 Å². The highest BCUT2D eigenvalue weighted by Crippen LogP contribution is 2.41. The van der Waals surface area contributed by atoms with Crippen LogP contribution in [0.2, 0.25) is 0 Å². The van der Waals surface area contributed by atoms with Crippen LogP contribution in [0.3, 0.4) is 0 Å². The summed E-state index contributed by atoms with van der Waals surface area (Å²) in [6, 6.07) is 5.20. The Morgan fingerprint density at radius 1 is 1.06 bits per heavy atom. The molecule has 1 aliphatic carbocycles. The van der Waals surface area contributed by atoms with Crippen molar-refractivity contribution in [1.82, 2.24) is 24.6 Å². The maximum atomic E-state index is 13.7. The third-order valence-corrected chi connectivity index (χ3v) is 8.77. The molecule has 0 bridgehead atoms. The SMILES string of the molecule is CN1CCC2CCC(C(=O)N3CCCC[C@H]3c3cc4cc(N5CC[C@H](N)C5)cnn4n3)CC21. The van der Waals surface area contributed by atoms with E-state index in [1.54, 1.807) is 4.63 Å². The van der Waals surface area contributed by atoms with Crippen molar-refractivity contribution in [2.45, 2.75) is 69.5 Å². The molecule has 2 aromatic rings. The van der Waals surface area contributed by atoms with Gasteiger partial charge in [-0.3, -0.25) is 4.79 Å². The number of rotatable bonds is 3. The van der Waals surface area contributed by atoms with Gasteiger partial charge in [0.2, 0.25) is 5.91 Å². The lowest BCUT2D eigenvalue weighted by Crippen LogP contribution is -2.46. The number of hydrogen-bond acceptors (Lipinski definition) is 6. The second-order valence-electron chi connectivity index (χ2n) is 10.8. The van der Waals surface area contributed by atoms with E-state index in [9.17, 15) is 4.79 Å². The lowest BCUT2D eigenvalue weighted by atomic mass is 9.77. The van der Waals surface area contributed by atoms with E-state index in [1.807, 2.05) is 6.20 Å². The first kappa shape index (κ1) is 21.4. The summed E-state index contributed by atoms with van der Waals surface area (Å²) in [5, 5.41) is 9.41. The molecule has 0 radical (unpaired) electrons. The second-order valence-corrected chi connectivity index (χ2v) is 10.8. The van der Waals surface area contributed by atoms with E-state index in [2.05, 4.69) is 39.0 Å². The smallest absolute Gasteiger partial charge is 0.226 e. The third kappa shape index (κ3) is 3.91. The topological polar surface area (TPSA) is 83.0 Å². The Morgan fingerprint density at radius 2 is 1.97 bits per heavy atom. The molecule has 178 valence electrons. The van der Waals surface area contributed by atoms with Crippen LogP contribution < -0.4 is 10.6 Å². The maximum absolute atomic E-state index is 13.7. The minimum Gasteiger partial charge on any atom is -0.369 e. The minimum atomic E-state index is 0.0654. The fourth-order valence-corrected chi connectivity index (χ4v) is 6.84. The summed E-state index contributed by atoms with van der Waals surface area (Å²) in [7, 11) is 2.23. The molecule has 4 aliphatic rings. The van der Waals surface area contributed by atoms with Crippen molar-refractivity contribution in [3.05, 3.63) is 24.0 Å². The number of fused-ring (bicyclic) bond motifs is 2. The van der Waals surface area contributed by atoms with Gasteiger partial charge in [-0.1, -0.05) is 0 Å². The Kier molecular flexibility index (Phi) is 5.53. The number of aromatic nitrogens is 3. The Morgan fingerprint density at radius 3 is 2.82 bits per heavy atom. The Labute approximate surface area is 196 Å². The van der Waals surface area contributed by atoms with Crippen molar-refractivity contribution < 1.29 is 4.79 Å². The van der Waals surface area contributed by atoms with E-state index in [-0.39, 0.29) is 18.0 Å². The van der Waals surface area contributed by atoms with Gasteiger partial charge in [-0.05, 0) is 83.0 Å². The van der Waals surface area contributed by atoms with Crippen LogP contribution in [0.4, 0.5) is 5.69 Å². The van der Waals surface area contributed by atoms with E-state index in [4.69, 9.17) is 10.8 Å². The molecule has 1 saturated carbocycles. The Bertz CT molecular complexity index is 1020. The fourth-order valence-electron chi connectivity index (χ4n) is 6.84. The molecule has 4 fully saturated rings. The van der Waals surface area contributed by atoms with Crippen molar-refractivity contribution in [3.8, 4) is 0 Å². The predicted octanol–water partition coefficient (Wildman–Crippen LogP) is 2.44. The highest BCUT2D eigenvalue weighted by molar-refractivity contribution is 5.79. The molecule has 33 heavy (non-hydrogen) atoms. The molecule has 1 amide bonds. The number of nitrogens with two attached hydrogens (primary N) is 1. The van der Waals surface area contributed by atoms with Gasteiger partial charge in [-0.15, -0.1) is 0 Å². The number of anilines is 1. The molecule has 0 aromatic carbocycles. The number of carbonyl (C=O) groups is 1. The highest BCUT2D eigenvalue weighted by atomic mass is 16.2. The molecule has 5 heterocycles. The van der Waals surface area contributed by atoms with E-state index in [0.29, 0.717) is 11.9 Å². The van der Waals surface area contributed by atoms with E-state index >= 15 is 0 Å². The van der Waals surface area contributed by atoms with Gasteiger partial charge in [-0.25, -0.2) is 0 Å². The van der Waals surface area contributed by atoms with Crippen molar-refractivity contribution in [2.24, 2.45) is 17.6 Å². The molecule has 3 unspecified atom stereocenters. The zero-order valence-electron chi connectivity index (χ0n) is 19.8. The molecule has 2 N–H and O–H groups in total. The first-order chi connectivity index (χ1) is 16.1. The summed E-state index contributed by atoms with van der Waals surface area (Å²) in [5.74, 6) is 1.31. The summed E-state index contributed by atoms with van der Waals surface area (Å²) in [6.45, 7) is 3.88. The van der Waals surface area contributed by atoms with Crippen LogP contribution >= 0.6 is 0 Å². The molecule has 0 spiro atoms. The molecule has 8 heteroatoms. The van der Waals surface area contributed by atoms with Crippen LogP contribution in [-0.4, -0.2) is 75.8 Å². The van der Waals surface area contributed by atoms with Crippen LogP contribution in [0.5, 0.6) is 0 Å². The molecule has 5 atom stereocenters. The van der Waals surface area contributed by atoms with Gasteiger partial charge < -0.3 is 20.4 Å². The van der Waals surface area contributed by atoms with Crippen molar-refractivity contribution in [1.29, 1.82) is 0 Å². The van der Waals surface area contributed by atoms with Crippen molar-refractivity contribution in [2.75, 3.05) is 38.1 Å². The van der Waals surface area contributed by atoms with Gasteiger partial charge >= 0.3 is 0 Å². The third-order valence-electron chi connectivity index (χ3n) is 8.77. The molecular formula is C25H37N7O. The summed E-state index contributed by atoms with van der Waals surface area (Å²) in [5.41, 5.74) is 9.18. The normalized spacial score (nSPS) is 33.1. The molecule has 3 aliphatic heterocycles. The molecule has 3 saturated heterocycles. The van der Waals surface area contributed by atoms with Gasteiger partial charge in [0.1, 0.15) is 0 Å². The number of nitrogens with zero attached hydrogens (tertiary/aromatic N) is 6. The van der Waals surface area contributed by atoms with E-state index in [1.165, 1.54) is 19.4 Å². The summed E-state index contributed by atoms with van der Waals surface area (Å²) in [6.07, 6.45) is 10.7. The summed E-state index contributed by atoms with van der Waals surface area (Å²) < 4.78 is 1.73. The van der Waals surface area contributed by atoms with Crippen LogP contribution in [-0.2, 0) is 4.79 Å². The number of carbonyl (C=O) groups excluding carboxylic acids is 1. The maximum Gasteiger partial charge on any atom is 0.226 e. The van der Waals surface area contributed by atoms with Crippen LogP contribution in [0, 0.1) is 11.8 Å². The first-order valence-electron chi connectivity index (χ1n) is 12.9. The van der Waals surface area contributed by atoms with Crippen LogP contribution in [0.1, 0.15) is 63.1 Å². The number of likely N-dealkylation sites (tertiary alicyclic amines) is 2. The van der Waals surface area contributed by atoms with E-state index in [0.717, 1.165) is 81.0 Å². The Balaban J connectivity index is 1.22. The average molecular weight is 452 g/mol. The van der Waals surface area contributed by atoms with Gasteiger partial charge in [0.05, 0.1) is 29.1 Å². The van der Waals surface area contributed by atoms with Crippen molar-refractivity contribution >= 4 is 17.1 Å². The monoisotopic (exact) mass is 451 g/mol. The van der Waals surface area contributed by atoms with Crippen LogP contribution in [0.15, 0.2) is 18.3 Å². The summed E-state index contributed by atoms with van der Waals surface area (Å²) in [4.78, 5) is 20.7. The fraction of sp³-hybridized carbons (Fsp3) is 0.720. The van der Waals surface area contributed by atoms with Gasteiger partial charge in [-0.2, -0.15) is 14.8 Å². The average Bonchev–Trinajstić information content (AvgIpc) is 3.56. The molecule has 6 rings (SSSR count). The lowest BCUT2D eigenvalue weighted by molar-refractivity contribution is -0.141. The minimum absolute atomic E-state index is 0.0654. The lowest BCUT2D eigenvalue weighted by Gasteiger charge is -2.40. The largest absolute Gasteiger partial charge is 0.369 e. The van der Waals surface area contributed by atoms with Crippen LogP contribution in [0.25, 0.3) is 5.52 Å². The highest BCUT2D eigenvalue weighted by Gasteiger charge is 2.42. The van der Waals surface area contributed by atoms with Gasteiger partial charge in [0.25, 0.3) is 0 Å². The van der Waals surface area contributed by atoms with Gasteiger partial charge in [0.15, 0.2) is 0 Å². The zero-order chi connectivity index (χ0) is 22.5. The number of hydrogen-bond donors (Lipinski definition) is 1. The number of piperidine rings is 1. The summed E-state index contributed by atoms with van der Waals surface area (Å²) >= 11 is 0. The first-order valence-corrected chi connectivity index (χ1v) is 12.9. The number of amides is 1. The Hall–Kier alpha value is -2.19. The van der Waals surface area contributed by atoms with Gasteiger partial charge in [0, 0.05) is 37.6 Å². The molecular weight excluding hydrogens is 414 g/mol. The quantitative estimate of drug-likeness (QED) is 0.772. The zero-order valence-corrected chi connectivity index (χ0v) is 19.8. The molecule has 8 nitrogen and oxygen atoms in total. The van der Waals surface area contributed by atoms with E-state index < -0.39 is 0 Å². The second kappa shape index (κ2) is 8.55. The standard InChI is InChI=1S/C25H37N7O/c1-29-10-7-17-5-6-18(12-24(17)29)25(33)31-9-3-2-4-23(31)22-14-20-13-21(15-27-32(20)28-22)30-11-8-19(26)16-30/h13-15,17-19,23-24H,2-12,16,26H2,1H3/t17?,18?,19-,23-,24?/m0/s1. The molecule has 2 aromatic heterocycles.